The number of nitrogens with zero attached hydrogens (tertiary/aromatic N) is 4. The molecule has 0 unspecified atom stereocenters. The number of carbonyl (C=O) groups excluding carboxylic acids is 1. The van der Waals surface area contributed by atoms with E-state index in [0.29, 0.717) is 24.5 Å². The van der Waals surface area contributed by atoms with Crippen LogP contribution in [-0.4, -0.2) is 25.8 Å². The van der Waals surface area contributed by atoms with Crippen molar-refractivity contribution in [1.82, 2.24) is 19.9 Å². The number of hydrogen-bond acceptors (Lipinski definition) is 5. The first-order chi connectivity index (χ1) is 13.6. The molecule has 4 aromatic rings. The molecular formula is C20H17BrN4O2S. The molecule has 0 saturated heterocycles. The van der Waals surface area contributed by atoms with Crippen LogP contribution < -0.4 is 0 Å². The molecule has 28 heavy (non-hydrogen) atoms. The summed E-state index contributed by atoms with van der Waals surface area (Å²) in [5.41, 5.74) is 1.87. The molecule has 0 atom stereocenters. The van der Waals surface area contributed by atoms with Crippen molar-refractivity contribution in [3.05, 3.63) is 86.7 Å². The average molecular weight is 457 g/mol. The van der Waals surface area contributed by atoms with Gasteiger partial charge in [0.2, 0.25) is 0 Å². The Morgan fingerprint density at radius 3 is 2.82 bits per heavy atom. The van der Waals surface area contributed by atoms with Gasteiger partial charge in [-0.15, -0.1) is 16.4 Å². The Morgan fingerprint density at radius 2 is 2.11 bits per heavy atom. The molecule has 3 aromatic heterocycles. The van der Waals surface area contributed by atoms with Crippen molar-refractivity contribution in [2.24, 2.45) is 0 Å². The summed E-state index contributed by atoms with van der Waals surface area (Å²) in [7, 11) is 0. The van der Waals surface area contributed by atoms with Gasteiger partial charge in [0.05, 0.1) is 30.7 Å². The lowest BCUT2D eigenvalue weighted by Crippen LogP contribution is -2.30. The van der Waals surface area contributed by atoms with E-state index in [1.54, 1.807) is 27.2 Å². The SMILES string of the molecule is Cc1c(C(=O)N(Cc2ccco2)Cc2cccs2)nnn1-c1cccc(Br)c1. The number of furan rings is 1. The highest BCUT2D eigenvalue weighted by Crippen LogP contribution is 2.21. The first kappa shape index (κ1) is 18.6. The quantitative estimate of drug-likeness (QED) is 0.416. The third kappa shape index (κ3) is 3.93. The number of halogens is 1. The lowest BCUT2D eigenvalue weighted by molar-refractivity contribution is 0.0712. The van der Waals surface area contributed by atoms with Gasteiger partial charge in [-0.05, 0) is 48.7 Å². The largest absolute Gasteiger partial charge is 0.467 e. The lowest BCUT2D eigenvalue weighted by Gasteiger charge is -2.20. The van der Waals surface area contributed by atoms with Crippen molar-refractivity contribution in [2.45, 2.75) is 20.0 Å². The van der Waals surface area contributed by atoms with Crippen molar-refractivity contribution in [3.8, 4) is 5.69 Å². The highest BCUT2D eigenvalue weighted by atomic mass is 79.9. The van der Waals surface area contributed by atoms with E-state index < -0.39 is 0 Å². The lowest BCUT2D eigenvalue weighted by atomic mass is 10.2. The molecule has 8 heteroatoms. The average Bonchev–Trinajstić information content (AvgIpc) is 3.43. The van der Waals surface area contributed by atoms with Gasteiger partial charge >= 0.3 is 0 Å². The maximum absolute atomic E-state index is 13.3. The van der Waals surface area contributed by atoms with E-state index in [-0.39, 0.29) is 5.91 Å². The van der Waals surface area contributed by atoms with E-state index in [1.807, 2.05) is 60.8 Å². The van der Waals surface area contributed by atoms with Gasteiger partial charge in [0.25, 0.3) is 5.91 Å². The Labute approximate surface area is 174 Å². The van der Waals surface area contributed by atoms with Crippen LogP contribution in [0.3, 0.4) is 0 Å². The van der Waals surface area contributed by atoms with Gasteiger partial charge < -0.3 is 9.32 Å². The van der Waals surface area contributed by atoms with Crippen LogP contribution >= 0.6 is 27.3 Å². The normalized spacial score (nSPS) is 10.9. The van der Waals surface area contributed by atoms with Crippen LogP contribution in [0.5, 0.6) is 0 Å². The van der Waals surface area contributed by atoms with Crippen LogP contribution in [0.2, 0.25) is 0 Å². The Morgan fingerprint density at radius 1 is 1.21 bits per heavy atom. The number of amides is 1. The summed E-state index contributed by atoms with van der Waals surface area (Å²) in [4.78, 5) is 16.1. The molecule has 1 aromatic carbocycles. The molecule has 0 bridgehead atoms. The summed E-state index contributed by atoms with van der Waals surface area (Å²) in [6, 6.07) is 15.4. The molecule has 0 N–H and O–H groups in total. The summed E-state index contributed by atoms with van der Waals surface area (Å²) in [6.45, 7) is 2.71. The number of thiophene rings is 1. The Balaban J connectivity index is 1.64. The summed E-state index contributed by atoms with van der Waals surface area (Å²) in [5, 5.41) is 10.4. The Bertz CT molecular complexity index is 1040. The second-order valence-electron chi connectivity index (χ2n) is 6.24. The molecule has 0 aliphatic rings. The van der Waals surface area contributed by atoms with Crippen molar-refractivity contribution >= 4 is 33.2 Å². The van der Waals surface area contributed by atoms with E-state index in [4.69, 9.17) is 4.42 Å². The molecule has 0 aliphatic heterocycles. The second kappa shape index (κ2) is 8.12. The Kier molecular flexibility index (Phi) is 5.40. The minimum absolute atomic E-state index is 0.177. The summed E-state index contributed by atoms with van der Waals surface area (Å²) in [6.07, 6.45) is 1.61. The van der Waals surface area contributed by atoms with Gasteiger partial charge in [-0.1, -0.05) is 33.3 Å². The predicted octanol–water partition coefficient (Wildman–Crippen LogP) is 4.84. The number of aromatic nitrogens is 3. The molecule has 6 nitrogen and oxygen atoms in total. The fourth-order valence-corrected chi connectivity index (χ4v) is 4.02. The number of rotatable bonds is 6. The van der Waals surface area contributed by atoms with Gasteiger partial charge in [0.15, 0.2) is 5.69 Å². The molecule has 0 radical (unpaired) electrons. The maximum Gasteiger partial charge on any atom is 0.277 e. The van der Waals surface area contributed by atoms with Crippen molar-refractivity contribution in [3.63, 3.8) is 0 Å². The third-order valence-electron chi connectivity index (χ3n) is 4.29. The third-order valence-corrected chi connectivity index (χ3v) is 5.65. The minimum atomic E-state index is -0.177. The zero-order chi connectivity index (χ0) is 19.5. The fraction of sp³-hybridized carbons (Fsp3) is 0.150. The molecule has 0 saturated carbocycles. The second-order valence-corrected chi connectivity index (χ2v) is 8.18. The smallest absolute Gasteiger partial charge is 0.277 e. The molecule has 4 rings (SSSR count). The van der Waals surface area contributed by atoms with E-state index in [0.717, 1.165) is 20.8 Å². The van der Waals surface area contributed by atoms with Crippen LogP contribution in [-0.2, 0) is 13.1 Å². The fourth-order valence-electron chi connectivity index (χ4n) is 2.91. The van der Waals surface area contributed by atoms with Crippen LogP contribution in [0.25, 0.3) is 5.69 Å². The highest BCUT2D eigenvalue weighted by molar-refractivity contribution is 9.10. The highest BCUT2D eigenvalue weighted by Gasteiger charge is 2.24. The van der Waals surface area contributed by atoms with Crippen LogP contribution in [0, 0.1) is 6.92 Å². The van der Waals surface area contributed by atoms with Gasteiger partial charge in [-0.25, -0.2) is 4.68 Å². The van der Waals surface area contributed by atoms with Crippen molar-refractivity contribution < 1.29 is 9.21 Å². The summed E-state index contributed by atoms with van der Waals surface area (Å²) >= 11 is 5.08. The minimum Gasteiger partial charge on any atom is -0.467 e. The van der Waals surface area contributed by atoms with E-state index >= 15 is 0 Å². The van der Waals surface area contributed by atoms with Gasteiger partial charge in [0, 0.05) is 9.35 Å². The van der Waals surface area contributed by atoms with Gasteiger partial charge in [0.1, 0.15) is 5.76 Å². The first-order valence-corrected chi connectivity index (χ1v) is 10.3. The number of carbonyl (C=O) groups is 1. The molecule has 142 valence electrons. The summed E-state index contributed by atoms with van der Waals surface area (Å²) < 4.78 is 8.06. The molecule has 3 heterocycles. The van der Waals surface area contributed by atoms with Crippen LogP contribution in [0.15, 0.2) is 69.1 Å². The standard InChI is InChI=1S/C20H17BrN4O2S/c1-14-19(22-23-25(14)16-6-2-5-15(21)11-16)20(26)24(12-17-7-3-9-27-17)13-18-8-4-10-28-18/h2-11H,12-13H2,1H3. The van der Waals surface area contributed by atoms with Crippen molar-refractivity contribution in [2.75, 3.05) is 0 Å². The van der Waals surface area contributed by atoms with E-state index in [2.05, 4.69) is 26.2 Å². The molecule has 0 aliphatic carbocycles. The monoisotopic (exact) mass is 456 g/mol. The Hall–Kier alpha value is -2.71. The molecular weight excluding hydrogens is 440 g/mol. The topological polar surface area (TPSA) is 64.2 Å². The number of benzene rings is 1. The van der Waals surface area contributed by atoms with E-state index in [9.17, 15) is 4.79 Å². The summed E-state index contributed by atoms with van der Waals surface area (Å²) in [5.74, 6) is 0.547. The van der Waals surface area contributed by atoms with Gasteiger partial charge in [-0.3, -0.25) is 4.79 Å². The van der Waals surface area contributed by atoms with Crippen LogP contribution in [0.1, 0.15) is 26.8 Å². The molecule has 1 amide bonds. The van der Waals surface area contributed by atoms with Gasteiger partial charge in [-0.2, -0.15) is 0 Å². The zero-order valence-electron chi connectivity index (χ0n) is 15.1. The maximum atomic E-state index is 13.3. The predicted molar refractivity (Wildman–Crippen MR) is 110 cm³/mol. The molecule has 0 spiro atoms. The van der Waals surface area contributed by atoms with E-state index in [1.165, 1.54) is 0 Å². The first-order valence-electron chi connectivity index (χ1n) is 8.64. The van der Waals surface area contributed by atoms with Crippen LogP contribution in [0.4, 0.5) is 0 Å². The molecule has 0 fully saturated rings. The van der Waals surface area contributed by atoms with Crippen molar-refractivity contribution in [1.29, 1.82) is 0 Å². The zero-order valence-corrected chi connectivity index (χ0v) is 17.5. The number of hydrogen-bond donors (Lipinski definition) is 0.